The lowest BCUT2D eigenvalue weighted by molar-refractivity contribution is -0.127. The second-order valence-electron chi connectivity index (χ2n) is 5.37. The van der Waals surface area contributed by atoms with E-state index in [0.29, 0.717) is 29.0 Å². The molecule has 0 radical (unpaired) electrons. The highest BCUT2D eigenvalue weighted by Gasteiger charge is 2.16. The highest BCUT2D eigenvalue weighted by Crippen LogP contribution is 2.23. The van der Waals surface area contributed by atoms with Crippen molar-refractivity contribution in [1.29, 1.82) is 0 Å². The summed E-state index contributed by atoms with van der Waals surface area (Å²) >= 11 is 1.37. The fourth-order valence-electron chi connectivity index (χ4n) is 2.24. The fourth-order valence-corrected chi connectivity index (χ4v) is 3.09. The van der Waals surface area contributed by atoms with Crippen molar-refractivity contribution in [3.8, 4) is 11.6 Å². The first-order valence-corrected chi connectivity index (χ1v) is 8.47. The van der Waals surface area contributed by atoms with E-state index in [0.717, 1.165) is 5.56 Å². The fraction of sp³-hybridized carbons (Fsp3) is 0.235. The Hall–Kier alpha value is -2.54. The first-order valence-electron chi connectivity index (χ1n) is 7.49. The van der Waals surface area contributed by atoms with Crippen molar-refractivity contribution in [1.82, 2.24) is 19.7 Å². The predicted molar refractivity (Wildman–Crippen MR) is 92.3 cm³/mol. The number of benzene rings is 1. The molecule has 3 aromatic rings. The average Bonchev–Trinajstić information content (AvgIpc) is 3.23. The van der Waals surface area contributed by atoms with Crippen molar-refractivity contribution in [3.05, 3.63) is 54.3 Å². The maximum Gasteiger partial charge on any atom is 0.233 e. The summed E-state index contributed by atoms with van der Waals surface area (Å²) in [6, 6.07) is 13.6. The molecule has 0 fully saturated rings. The lowest BCUT2D eigenvalue weighted by Gasteiger charge is -2.16. The number of aromatic nitrogens is 3. The Kier molecular flexibility index (Phi) is 5.00. The van der Waals surface area contributed by atoms with Crippen LogP contribution in [0.3, 0.4) is 0 Å². The van der Waals surface area contributed by atoms with Crippen LogP contribution in [0.1, 0.15) is 5.56 Å². The van der Waals surface area contributed by atoms with E-state index in [1.807, 2.05) is 48.0 Å². The van der Waals surface area contributed by atoms with Crippen LogP contribution in [0.5, 0.6) is 0 Å². The molecule has 0 unspecified atom stereocenters. The van der Waals surface area contributed by atoms with Gasteiger partial charge in [0.15, 0.2) is 16.7 Å². The molecule has 2 aromatic heterocycles. The SMILES string of the molecule is CN(Cc1ccccc1)C(=O)CSc1nnc(-c2ccco2)n1C. The molecule has 124 valence electrons. The van der Waals surface area contributed by atoms with Gasteiger partial charge in [-0.1, -0.05) is 42.1 Å². The summed E-state index contributed by atoms with van der Waals surface area (Å²) in [4.78, 5) is 14.0. The summed E-state index contributed by atoms with van der Waals surface area (Å²) in [6.45, 7) is 0.594. The molecule has 0 aliphatic rings. The minimum atomic E-state index is 0.0476. The molecule has 6 nitrogen and oxygen atoms in total. The summed E-state index contributed by atoms with van der Waals surface area (Å²) in [5, 5.41) is 8.94. The third-order valence-electron chi connectivity index (χ3n) is 3.59. The number of furan rings is 1. The van der Waals surface area contributed by atoms with E-state index in [1.54, 1.807) is 24.3 Å². The minimum Gasteiger partial charge on any atom is -0.461 e. The van der Waals surface area contributed by atoms with E-state index in [-0.39, 0.29) is 5.91 Å². The molecule has 7 heteroatoms. The van der Waals surface area contributed by atoms with Crippen molar-refractivity contribution < 1.29 is 9.21 Å². The molecule has 0 N–H and O–H groups in total. The average molecular weight is 342 g/mol. The number of carbonyl (C=O) groups excluding carboxylic acids is 1. The normalized spacial score (nSPS) is 10.8. The van der Waals surface area contributed by atoms with Crippen LogP contribution in [-0.4, -0.2) is 38.4 Å². The Bertz CT molecular complexity index is 799. The van der Waals surface area contributed by atoms with Crippen LogP contribution in [0.4, 0.5) is 0 Å². The Morgan fingerprint density at radius 2 is 2.00 bits per heavy atom. The van der Waals surface area contributed by atoms with Gasteiger partial charge in [0.1, 0.15) is 0 Å². The summed E-state index contributed by atoms with van der Waals surface area (Å²) in [5.41, 5.74) is 1.11. The van der Waals surface area contributed by atoms with Crippen LogP contribution in [0.15, 0.2) is 58.3 Å². The Balaban J connectivity index is 1.58. The minimum absolute atomic E-state index is 0.0476. The van der Waals surface area contributed by atoms with E-state index >= 15 is 0 Å². The van der Waals surface area contributed by atoms with Crippen LogP contribution >= 0.6 is 11.8 Å². The molecule has 24 heavy (non-hydrogen) atoms. The van der Waals surface area contributed by atoms with Gasteiger partial charge in [-0.15, -0.1) is 10.2 Å². The molecule has 3 rings (SSSR count). The second-order valence-corrected chi connectivity index (χ2v) is 6.31. The van der Waals surface area contributed by atoms with Gasteiger partial charge >= 0.3 is 0 Å². The topological polar surface area (TPSA) is 64.2 Å². The second kappa shape index (κ2) is 7.35. The number of amides is 1. The third kappa shape index (κ3) is 3.68. The maximum atomic E-state index is 12.3. The molecule has 0 saturated carbocycles. The standard InChI is InChI=1S/C17H18N4O2S/c1-20(11-13-7-4-3-5-8-13)15(22)12-24-17-19-18-16(21(17)2)14-9-6-10-23-14/h3-10H,11-12H2,1-2H3. The van der Waals surface area contributed by atoms with Crippen molar-refractivity contribution in [2.24, 2.45) is 7.05 Å². The number of rotatable bonds is 6. The van der Waals surface area contributed by atoms with E-state index in [9.17, 15) is 4.79 Å². The molecule has 0 aliphatic carbocycles. The zero-order valence-corrected chi connectivity index (χ0v) is 14.4. The lowest BCUT2D eigenvalue weighted by atomic mass is 10.2. The summed E-state index contributed by atoms with van der Waals surface area (Å²) in [7, 11) is 3.67. The van der Waals surface area contributed by atoms with Gasteiger partial charge in [-0.3, -0.25) is 4.79 Å². The number of nitrogens with zero attached hydrogens (tertiary/aromatic N) is 4. The van der Waals surface area contributed by atoms with E-state index in [4.69, 9.17) is 4.42 Å². The molecule has 0 saturated heterocycles. The molecular formula is C17H18N4O2S. The van der Waals surface area contributed by atoms with Crippen LogP contribution in [0, 0.1) is 0 Å². The summed E-state index contributed by atoms with van der Waals surface area (Å²) < 4.78 is 7.16. The highest BCUT2D eigenvalue weighted by molar-refractivity contribution is 7.99. The van der Waals surface area contributed by atoms with Crippen LogP contribution in [0.2, 0.25) is 0 Å². The zero-order valence-electron chi connectivity index (χ0n) is 13.5. The Morgan fingerprint density at radius 1 is 1.21 bits per heavy atom. The van der Waals surface area contributed by atoms with Crippen molar-refractivity contribution in [3.63, 3.8) is 0 Å². The summed E-state index contributed by atoms with van der Waals surface area (Å²) in [6.07, 6.45) is 1.60. The number of hydrogen-bond acceptors (Lipinski definition) is 5. The maximum absolute atomic E-state index is 12.3. The summed E-state index contributed by atoms with van der Waals surface area (Å²) in [5.74, 6) is 1.66. The molecule has 0 aliphatic heterocycles. The Labute approximate surface area is 144 Å². The molecule has 0 atom stereocenters. The quantitative estimate of drug-likeness (QED) is 0.645. The third-order valence-corrected chi connectivity index (χ3v) is 4.59. The largest absolute Gasteiger partial charge is 0.461 e. The smallest absolute Gasteiger partial charge is 0.233 e. The zero-order chi connectivity index (χ0) is 16.9. The van der Waals surface area contributed by atoms with Gasteiger partial charge in [0.05, 0.1) is 12.0 Å². The first kappa shape index (κ1) is 16.3. The van der Waals surface area contributed by atoms with Crippen LogP contribution in [-0.2, 0) is 18.4 Å². The van der Waals surface area contributed by atoms with E-state index in [1.165, 1.54) is 11.8 Å². The van der Waals surface area contributed by atoms with Gasteiger partial charge in [0, 0.05) is 20.6 Å². The van der Waals surface area contributed by atoms with Crippen molar-refractivity contribution in [2.75, 3.05) is 12.8 Å². The molecule has 2 heterocycles. The van der Waals surface area contributed by atoms with Gasteiger partial charge in [-0.25, -0.2) is 0 Å². The van der Waals surface area contributed by atoms with E-state index in [2.05, 4.69) is 10.2 Å². The first-order chi connectivity index (χ1) is 11.6. The number of carbonyl (C=O) groups is 1. The molecule has 1 amide bonds. The van der Waals surface area contributed by atoms with Gasteiger partial charge < -0.3 is 13.9 Å². The highest BCUT2D eigenvalue weighted by atomic mass is 32.2. The van der Waals surface area contributed by atoms with Crippen LogP contribution < -0.4 is 0 Å². The molecular weight excluding hydrogens is 324 g/mol. The number of thioether (sulfide) groups is 1. The monoisotopic (exact) mass is 342 g/mol. The van der Waals surface area contributed by atoms with Gasteiger partial charge in [-0.05, 0) is 17.7 Å². The molecule has 1 aromatic carbocycles. The molecule has 0 bridgehead atoms. The van der Waals surface area contributed by atoms with Crippen molar-refractivity contribution in [2.45, 2.75) is 11.7 Å². The van der Waals surface area contributed by atoms with Gasteiger partial charge in [0.25, 0.3) is 0 Å². The van der Waals surface area contributed by atoms with Crippen LogP contribution in [0.25, 0.3) is 11.6 Å². The van der Waals surface area contributed by atoms with Gasteiger partial charge in [0.2, 0.25) is 5.91 Å². The molecule has 0 spiro atoms. The van der Waals surface area contributed by atoms with Crippen molar-refractivity contribution >= 4 is 17.7 Å². The lowest BCUT2D eigenvalue weighted by Crippen LogP contribution is -2.27. The van der Waals surface area contributed by atoms with Gasteiger partial charge in [-0.2, -0.15) is 0 Å². The predicted octanol–water partition coefficient (Wildman–Crippen LogP) is 2.83. The van der Waals surface area contributed by atoms with E-state index < -0.39 is 0 Å². The Morgan fingerprint density at radius 3 is 2.71 bits per heavy atom. The number of hydrogen-bond donors (Lipinski definition) is 0.